The first-order valence-corrected chi connectivity index (χ1v) is 8.41. The first-order chi connectivity index (χ1) is 9.27. The summed E-state index contributed by atoms with van der Waals surface area (Å²) in [4.78, 5) is 5.18. The van der Waals surface area contributed by atoms with E-state index in [-0.39, 0.29) is 0 Å². The monoisotopic (exact) mass is 269 g/mol. The van der Waals surface area contributed by atoms with Crippen LogP contribution in [0.4, 0.5) is 0 Å². The molecule has 0 bridgehead atoms. The van der Waals surface area contributed by atoms with Gasteiger partial charge in [0.15, 0.2) is 0 Å². The molecule has 1 heterocycles. The van der Waals surface area contributed by atoms with Gasteiger partial charge in [-0.2, -0.15) is 0 Å². The number of likely N-dealkylation sites (tertiary alicyclic amines) is 1. The molecule has 0 saturated carbocycles. The maximum atomic E-state index is 3.48. The number of rotatable bonds is 11. The highest BCUT2D eigenvalue weighted by Gasteiger charge is 2.23. The number of nitrogens with zero attached hydrogens (tertiary/aromatic N) is 2. The molecule has 1 N–H and O–H groups in total. The van der Waals surface area contributed by atoms with E-state index in [1.807, 2.05) is 0 Å². The van der Waals surface area contributed by atoms with Gasteiger partial charge in [0.1, 0.15) is 0 Å². The average Bonchev–Trinajstić information content (AvgIpc) is 2.85. The fraction of sp³-hybridized carbons (Fsp3) is 1.00. The van der Waals surface area contributed by atoms with E-state index in [0.717, 1.165) is 6.04 Å². The molecule has 1 aliphatic rings. The van der Waals surface area contributed by atoms with E-state index in [4.69, 9.17) is 0 Å². The number of hydrogen-bond donors (Lipinski definition) is 1. The van der Waals surface area contributed by atoms with Gasteiger partial charge in [-0.1, -0.05) is 20.3 Å². The van der Waals surface area contributed by atoms with Crippen molar-refractivity contribution in [1.29, 1.82) is 0 Å². The molecule has 0 aromatic rings. The third-order valence-corrected chi connectivity index (χ3v) is 4.25. The summed E-state index contributed by atoms with van der Waals surface area (Å²) in [6, 6.07) is 0.821. The third kappa shape index (κ3) is 7.28. The van der Waals surface area contributed by atoms with Crippen LogP contribution in [0.5, 0.6) is 0 Å². The van der Waals surface area contributed by atoms with Crippen LogP contribution in [0.3, 0.4) is 0 Å². The molecule has 1 saturated heterocycles. The van der Waals surface area contributed by atoms with Gasteiger partial charge in [0.05, 0.1) is 0 Å². The highest BCUT2D eigenvalue weighted by atomic mass is 15.2. The van der Waals surface area contributed by atoms with E-state index in [0.29, 0.717) is 0 Å². The van der Waals surface area contributed by atoms with Crippen LogP contribution in [0.15, 0.2) is 0 Å². The predicted molar refractivity (Wildman–Crippen MR) is 84.8 cm³/mol. The summed E-state index contributed by atoms with van der Waals surface area (Å²) >= 11 is 0. The predicted octanol–water partition coefficient (Wildman–Crippen LogP) is 2.57. The highest BCUT2D eigenvalue weighted by molar-refractivity contribution is 4.80. The Hall–Kier alpha value is -0.120. The molecule has 0 amide bonds. The molecule has 1 atom stereocenters. The third-order valence-electron chi connectivity index (χ3n) is 4.25. The zero-order chi connectivity index (χ0) is 13.9. The molecule has 1 unspecified atom stereocenters. The highest BCUT2D eigenvalue weighted by Crippen LogP contribution is 2.17. The van der Waals surface area contributed by atoms with Crippen molar-refractivity contribution in [2.24, 2.45) is 0 Å². The van der Waals surface area contributed by atoms with Crippen molar-refractivity contribution in [2.45, 2.75) is 58.4 Å². The second kappa shape index (κ2) is 10.6. The van der Waals surface area contributed by atoms with Crippen LogP contribution in [0.1, 0.15) is 52.4 Å². The molecule has 19 heavy (non-hydrogen) atoms. The number of hydrogen-bond acceptors (Lipinski definition) is 3. The Kier molecular flexibility index (Phi) is 9.48. The molecule has 0 aliphatic carbocycles. The first kappa shape index (κ1) is 16.9. The van der Waals surface area contributed by atoms with E-state index in [1.54, 1.807) is 0 Å². The molecule has 3 heteroatoms. The van der Waals surface area contributed by atoms with Gasteiger partial charge >= 0.3 is 0 Å². The second-order valence-corrected chi connectivity index (χ2v) is 6.00. The normalized spacial score (nSPS) is 20.5. The van der Waals surface area contributed by atoms with Crippen LogP contribution >= 0.6 is 0 Å². The largest absolute Gasteiger partial charge is 0.317 e. The van der Waals surface area contributed by atoms with Crippen molar-refractivity contribution < 1.29 is 0 Å². The van der Waals surface area contributed by atoms with E-state index in [1.165, 1.54) is 77.8 Å². The molecule has 3 nitrogen and oxygen atoms in total. The van der Waals surface area contributed by atoms with Crippen LogP contribution in [0.25, 0.3) is 0 Å². The topological polar surface area (TPSA) is 18.5 Å². The Bertz CT molecular complexity index is 208. The zero-order valence-electron chi connectivity index (χ0n) is 13.5. The summed E-state index contributed by atoms with van der Waals surface area (Å²) in [5.41, 5.74) is 0. The van der Waals surface area contributed by atoms with E-state index in [2.05, 4.69) is 36.0 Å². The minimum absolute atomic E-state index is 0.821. The van der Waals surface area contributed by atoms with Crippen LogP contribution in [0.2, 0.25) is 0 Å². The standard InChI is InChI=1S/C16H35N3/c1-4-11-17-12-7-6-8-13-18(3)15-16-10-9-14-19(16)5-2/h16-17H,4-15H2,1-3H3. The zero-order valence-corrected chi connectivity index (χ0v) is 13.5. The van der Waals surface area contributed by atoms with Crippen LogP contribution < -0.4 is 5.32 Å². The van der Waals surface area contributed by atoms with Crippen LogP contribution in [-0.4, -0.2) is 62.2 Å². The van der Waals surface area contributed by atoms with Gasteiger partial charge in [0.2, 0.25) is 0 Å². The summed E-state index contributed by atoms with van der Waals surface area (Å²) in [7, 11) is 2.29. The van der Waals surface area contributed by atoms with Crippen molar-refractivity contribution >= 4 is 0 Å². The Balaban J connectivity index is 1.97. The summed E-state index contributed by atoms with van der Waals surface area (Å²) in [5.74, 6) is 0. The molecule has 1 rings (SSSR count). The Morgan fingerprint density at radius 2 is 2.00 bits per heavy atom. The van der Waals surface area contributed by atoms with Gasteiger partial charge < -0.3 is 10.2 Å². The molecular formula is C16H35N3. The molecule has 114 valence electrons. The summed E-state index contributed by atoms with van der Waals surface area (Å²) in [6.45, 7) is 12.0. The first-order valence-electron chi connectivity index (χ1n) is 8.41. The SMILES string of the molecule is CCCNCCCCCN(C)CC1CCCN1CC. The smallest absolute Gasteiger partial charge is 0.0223 e. The fourth-order valence-corrected chi connectivity index (χ4v) is 3.08. The summed E-state index contributed by atoms with van der Waals surface area (Å²) < 4.78 is 0. The second-order valence-electron chi connectivity index (χ2n) is 6.00. The van der Waals surface area contributed by atoms with Gasteiger partial charge in [0.25, 0.3) is 0 Å². The maximum absolute atomic E-state index is 3.48. The molecule has 0 radical (unpaired) electrons. The minimum atomic E-state index is 0.821. The summed E-state index contributed by atoms with van der Waals surface area (Å²) in [5, 5.41) is 3.48. The molecule has 0 spiro atoms. The van der Waals surface area contributed by atoms with Gasteiger partial charge in [-0.15, -0.1) is 0 Å². The Labute approximate surface area is 120 Å². The van der Waals surface area contributed by atoms with Gasteiger partial charge in [-0.05, 0) is 71.9 Å². The lowest BCUT2D eigenvalue weighted by Gasteiger charge is -2.27. The number of unbranched alkanes of at least 4 members (excludes halogenated alkanes) is 2. The van der Waals surface area contributed by atoms with Gasteiger partial charge in [-0.25, -0.2) is 0 Å². The molecule has 0 aromatic heterocycles. The van der Waals surface area contributed by atoms with Crippen molar-refractivity contribution in [3.8, 4) is 0 Å². The molecule has 0 aromatic carbocycles. The lowest BCUT2D eigenvalue weighted by molar-refractivity contribution is 0.197. The quantitative estimate of drug-likeness (QED) is 0.582. The van der Waals surface area contributed by atoms with Crippen molar-refractivity contribution in [1.82, 2.24) is 15.1 Å². The Morgan fingerprint density at radius 3 is 2.74 bits per heavy atom. The maximum Gasteiger partial charge on any atom is 0.0223 e. The van der Waals surface area contributed by atoms with Crippen molar-refractivity contribution in [3.05, 3.63) is 0 Å². The minimum Gasteiger partial charge on any atom is -0.317 e. The van der Waals surface area contributed by atoms with Crippen LogP contribution in [-0.2, 0) is 0 Å². The van der Waals surface area contributed by atoms with E-state index in [9.17, 15) is 0 Å². The lowest BCUT2D eigenvalue weighted by atomic mass is 10.2. The molecular weight excluding hydrogens is 234 g/mol. The van der Waals surface area contributed by atoms with Crippen molar-refractivity contribution in [2.75, 3.05) is 46.3 Å². The Morgan fingerprint density at radius 1 is 1.16 bits per heavy atom. The fourth-order valence-electron chi connectivity index (χ4n) is 3.08. The van der Waals surface area contributed by atoms with E-state index >= 15 is 0 Å². The average molecular weight is 269 g/mol. The lowest BCUT2D eigenvalue weighted by Crippen LogP contribution is -2.39. The van der Waals surface area contributed by atoms with Gasteiger partial charge in [0, 0.05) is 12.6 Å². The molecule has 1 aliphatic heterocycles. The van der Waals surface area contributed by atoms with Crippen LogP contribution in [0, 0.1) is 0 Å². The number of nitrogens with one attached hydrogen (secondary N) is 1. The molecule has 1 fully saturated rings. The van der Waals surface area contributed by atoms with Crippen molar-refractivity contribution in [3.63, 3.8) is 0 Å². The van der Waals surface area contributed by atoms with E-state index < -0.39 is 0 Å². The number of likely N-dealkylation sites (N-methyl/N-ethyl adjacent to an activating group) is 2. The summed E-state index contributed by atoms with van der Waals surface area (Å²) in [6.07, 6.45) is 8.09. The van der Waals surface area contributed by atoms with Gasteiger partial charge in [-0.3, -0.25) is 4.90 Å².